The van der Waals surface area contributed by atoms with E-state index in [1.54, 1.807) is 4.90 Å². The zero-order valence-electron chi connectivity index (χ0n) is 13.1. The first-order valence-electron chi connectivity index (χ1n) is 7.50. The molecule has 22 heavy (non-hydrogen) atoms. The highest BCUT2D eigenvalue weighted by Crippen LogP contribution is 2.52. The average Bonchev–Trinajstić information content (AvgIpc) is 3.20. The number of rotatable bonds is 1. The van der Waals surface area contributed by atoms with Gasteiger partial charge in [-0.3, -0.25) is 0 Å². The lowest BCUT2D eigenvalue weighted by atomic mass is 9.88. The molecule has 2 unspecified atom stereocenters. The lowest BCUT2D eigenvalue weighted by Crippen LogP contribution is -2.44. The van der Waals surface area contributed by atoms with Gasteiger partial charge >= 0.3 is 6.09 Å². The van der Waals surface area contributed by atoms with Crippen LogP contribution in [0.2, 0.25) is 0 Å². The molecule has 2 fully saturated rings. The maximum absolute atomic E-state index is 12.1. The number of carbonyl (C=O) groups is 1. The van der Waals surface area contributed by atoms with Crippen LogP contribution in [0.5, 0.6) is 0 Å². The highest BCUT2D eigenvalue weighted by atomic mass is 16.6. The van der Waals surface area contributed by atoms with Crippen molar-refractivity contribution in [2.24, 2.45) is 0 Å². The number of benzene rings is 1. The number of epoxide rings is 1. The van der Waals surface area contributed by atoms with Gasteiger partial charge in [-0.25, -0.2) is 4.79 Å². The summed E-state index contributed by atoms with van der Waals surface area (Å²) < 4.78 is 11.3. The van der Waals surface area contributed by atoms with E-state index in [1.807, 2.05) is 45.0 Å². The molecule has 2 aliphatic heterocycles. The minimum atomic E-state index is -0.483. The molecule has 5 heteroatoms. The molecule has 0 bridgehead atoms. The van der Waals surface area contributed by atoms with Crippen LogP contribution in [0.1, 0.15) is 38.3 Å². The summed E-state index contributed by atoms with van der Waals surface area (Å²) in [5.74, 6) is 0. The maximum atomic E-state index is 12.1. The van der Waals surface area contributed by atoms with Crippen molar-refractivity contribution in [2.45, 2.75) is 44.5 Å². The first-order valence-corrected chi connectivity index (χ1v) is 7.50. The number of hydrogen-bond acceptors (Lipinski definition) is 4. The summed E-state index contributed by atoms with van der Waals surface area (Å²) in [5.41, 5.74) is 0.958. The summed E-state index contributed by atoms with van der Waals surface area (Å²) in [5, 5.41) is 8.86. The van der Waals surface area contributed by atoms with Crippen molar-refractivity contribution in [1.29, 1.82) is 5.26 Å². The number of piperidine rings is 1. The van der Waals surface area contributed by atoms with Gasteiger partial charge in [0.1, 0.15) is 17.3 Å². The number of likely N-dealkylation sites (tertiary alicyclic amines) is 1. The van der Waals surface area contributed by atoms with Crippen LogP contribution in [0, 0.1) is 11.3 Å². The van der Waals surface area contributed by atoms with E-state index < -0.39 is 5.60 Å². The number of fused-ring (bicyclic) bond motifs is 1. The molecule has 0 spiro atoms. The number of nitriles is 1. The normalized spacial score (nSPS) is 26.8. The topological polar surface area (TPSA) is 65.9 Å². The van der Waals surface area contributed by atoms with Crippen molar-refractivity contribution in [1.82, 2.24) is 4.90 Å². The molecular formula is C17H20N2O3. The van der Waals surface area contributed by atoms with Crippen molar-refractivity contribution in [2.75, 3.05) is 13.1 Å². The van der Waals surface area contributed by atoms with Crippen LogP contribution in [-0.2, 0) is 15.1 Å². The Labute approximate surface area is 130 Å². The van der Waals surface area contributed by atoms with Gasteiger partial charge in [-0.1, -0.05) is 12.1 Å². The largest absolute Gasteiger partial charge is 0.444 e. The van der Waals surface area contributed by atoms with Gasteiger partial charge in [0, 0.05) is 13.0 Å². The van der Waals surface area contributed by atoms with Crippen LogP contribution in [0.4, 0.5) is 4.79 Å². The molecule has 1 amide bonds. The fourth-order valence-corrected chi connectivity index (χ4v) is 2.93. The molecule has 1 aromatic carbocycles. The first kappa shape index (κ1) is 14.9. The Bertz CT molecular complexity index is 627. The van der Waals surface area contributed by atoms with Gasteiger partial charge in [-0.15, -0.1) is 0 Å². The summed E-state index contributed by atoms with van der Waals surface area (Å²) in [7, 11) is 0. The van der Waals surface area contributed by atoms with Crippen LogP contribution in [0.3, 0.4) is 0 Å². The van der Waals surface area contributed by atoms with Crippen molar-refractivity contribution in [3.63, 3.8) is 0 Å². The molecule has 2 heterocycles. The molecule has 5 nitrogen and oxygen atoms in total. The molecule has 0 saturated carbocycles. The third-order valence-electron chi connectivity index (χ3n) is 4.11. The van der Waals surface area contributed by atoms with Crippen LogP contribution in [0.25, 0.3) is 0 Å². The molecule has 0 aromatic heterocycles. The van der Waals surface area contributed by atoms with E-state index in [4.69, 9.17) is 14.7 Å². The minimum Gasteiger partial charge on any atom is -0.444 e. The summed E-state index contributed by atoms with van der Waals surface area (Å²) in [6.45, 7) is 6.76. The van der Waals surface area contributed by atoms with E-state index in [2.05, 4.69) is 6.07 Å². The third-order valence-corrected chi connectivity index (χ3v) is 4.11. The fourth-order valence-electron chi connectivity index (χ4n) is 2.93. The van der Waals surface area contributed by atoms with Gasteiger partial charge in [0.25, 0.3) is 0 Å². The van der Waals surface area contributed by atoms with Gasteiger partial charge in [-0.2, -0.15) is 5.26 Å². The van der Waals surface area contributed by atoms with E-state index in [0.29, 0.717) is 18.7 Å². The van der Waals surface area contributed by atoms with Gasteiger partial charge in [0.2, 0.25) is 0 Å². The highest BCUT2D eigenvalue weighted by molar-refractivity contribution is 5.68. The summed E-state index contributed by atoms with van der Waals surface area (Å²) >= 11 is 0. The lowest BCUT2D eigenvalue weighted by Gasteiger charge is -2.31. The smallest absolute Gasteiger partial charge is 0.410 e. The number of hydrogen-bond donors (Lipinski definition) is 0. The zero-order chi connectivity index (χ0) is 16.0. The molecule has 0 aliphatic carbocycles. The SMILES string of the molecule is CC(C)(C)OC(=O)N1CCC2(c3ccc(C#N)cc3)OC2C1. The summed E-state index contributed by atoms with van der Waals surface area (Å²) in [6.07, 6.45) is 0.487. The van der Waals surface area contributed by atoms with E-state index in [1.165, 1.54) is 0 Å². The molecule has 2 atom stereocenters. The van der Waals surface area contributed by atoms with Crippen molar-refractivity contribution in [3.8, 4) is 6.07 Å². The van der Waals surface area contributed by atoms with E-state index in [9.17, 15) is 4.79 Å². The van der Waals surface area contributed by atoms with Crippen molar-refractivity contribution < 1.29 is 14.3 Å². The molecule has 2 saturated heterocycles. The number of amides is 1. The Hall–Kier alpha value is -2.06. The lowest BCUT2D eigenvalue weighted by molar-refractivity contribution is 0.0217. The molecule has 0 N–H and O–H groups in total. The van der Waals surface area contributed by atoms with E-state index in [-0.39, 0.29) is 17.8 Å². The number of nitrogens with zero attached hydrogens (tertiary/aromatic N) is 2. The summed E-state index contributed by atoms with van der Waals surface area (Å²) in [4.78, 5) is 13.8. The van der Waals surface area contributed by atoms with E-state index >= 15 is 0 Å². The average molecular weight is 300 g/mol. The fraction of sp³-hybridized carbons (Fsp3) is 0.529. The van der Waals surface area contributed by atoms with Crippen LogP contribution < -0.4 is 0 Å². The van der Waals surface area contributed by atoms with Crippen molar-refractivity contribution >= 4 is 6.09 Å². The number of ether oxygens (including phenoxy) is 2. The zero-order valence-corrected chi connectivity index (χ0v) is 13.1. The van der Waals surface area contributed by atoms with E-state index in [0.717, 1.165) is 12.0 Å². The standard InChI is InChI=1S/C17H20N2O3/c1-16(2,3)22-15(20)19-9-8-17(14(11-19)21-17)13-6-4-12(10-18)5-7-13/h4-7,14H,8-9,11H2,1-3H3. The molecule has 1 aromatic rings. The molecule has 116 valence electrons. The monoisotopic (exact) mass is 300 g/mol. The molecular weight excluding hydrogens is 280 g/mol. The van der Waals surface area contributed by atoms with Crippen LogP contribution in [0.15, 0.2) is 24.3 Å². The van der Waals surface area contributed by atoms with Gasteiger partial charge < -0.3 is 14.4 Å². The van der Waals surface area contributed by atoms with Gasteiger partial charge in [0.05, 0.1) is 18.2 Å². The highest BCUT2D eigenvalue weighted by Gasteiger charge is 2.60. The predicted octanol–water partition coefficient (Wildman–Crippen LogP) is 2.79. The number of carbonyl (C=O) groups excluding carboxylic acids is 1. The quantitative estimate of drug-likeness (QED) is 0.748. The van der Waals surface area contributed by atoms with Gasteiger partial charge in [0.15, 0.2) is 0 Å². The first-order chi connectivity index (χ1) is 10.3. The predicted molar refractivity (Wildman–Crippen MR) is 80.1 cm³/mol. The molecule has 3 rings (SSSR count). The Kier molecular flexibility index (Phi) is 3.37. The second-order valence-electron chi connectivity index (χ2n) is 6.86. The second-order valence-corrected chi connectivity index (χ2v) is 6.86. The Morgan fingerprint density at radius 2 is 2.09 bits per heavy atom. The Balaban J connectivity index is 1.66. The van der Waals surface area contributed by atoms with Crippen LogP contribution >= 0.6 is 0 Å². The van der Waals surface area contributed by atoms with Crippen LogP contribution in [-0.4, -0.2) is 35.8 Å². The van der Waals surface area contributed by atoms with Gasteiger partial charge in [-0.05, 0) is 38.5 Å². The summed E-state index contributed by atoms with van der Waals surface area (Å²) in [6, 6.07) is 9.63. The molecule has 0 radical (unpaired) electrons. The second kappa shape index (κ2) is 4.99. The minimum absolute atomic E-state index is 0.0155. The molecule has 2 aliphatic rings. The maximum Gasteiger partial charge on any atom is 0.410 e. The Morgan fingerprint density at radius 3 is 2.64 bits per heavy atom. The third kappa shape index (κ3) is 2.67. The van der Waals surface area contributed by atoms with Crippen molar-refractivity contribution in [3.05, 3.63) is 35.4 Å². The Morgan fingerprint density at radius 1 is 1.41 bits per heavy atom.